The fourth-order valence-corrected chi connectivity index (χ4v) is 2.11. The van der Waals surface area contributed by atoms with Gasteiger partial charge in [-0.15, -0.1) is 0 Å². The zero-order valence-corrected chi connectivity index (χ0v) is 10.8. The van der Waals surface area contributed by atoms with Crippen LogP contribution in [0, 0.1) is 13.8 Å². The molecule has 0 amide bonds. The zero-order chi connectivity index (χ0) is 14.2. The molecule has 100 valence electrons. The molecule has 0 radical (unpaired) electrons. The monoisotopic (exact) mass is 260 g/mol. The van der Waals surface area contributed by atoms with Crippen molar-refractivity contribution in [2.75, 3.05) is 0 Å². The molecule has 0 aliphatic heterocycles. The van der Waals surface area contributed by atoms with Crippen molar-refractivity contribution in [3.8, 4) is 23.0 Å². The molecule has 4 N–H and O–H groups in total. The number of phenolic OH excluding ortho intramolecular Hbond substituents is 4. The second kappa shape index (κ2) is 4.72. The zero-order valence-electron chi connectivity index (χ0n) is 10.8. The quantitative estimate of drug-likeness (QED) is 0.626. The van der Waals surface area contributed by atoms with Crippen LogP contribution in [-0.4, -0.2) is 20.4 Å². The van der Waals surface area contributed by atoms with Gasteiger partial charge < -0.3 is 20.4 Å². The smallest absolute Gasteiger partial charge is 0.160 e. The Morgan fingerprint density at radius 2 is 1.05 bits per heavy atom. The first-order valence-corrected chi connectivity index (χ1v) is 5.91. The second-order valence-electron chi connectivity index (χ2n) is 4.74. The van der Waals surface area contributed by atoms with Crippen LogP contribution in [0.1, 0.15) is 22.3 Å². The van der Waals surface area contributed by atoms with Gasteiger partial charge in [0.15, 0.2) is 23.0 Å². The van der Waals surface area contributed by atoms with E-state index >= 15 is 0 Å². The fraction of sp³-hybridized carbons (Fsp3) is 0.200. The van der Waals surface area contributed by atoms with Crippen LogP contribution in [0.3, 0.4) is 0 Å². The van der Waals surface area contributed by atoms with Gasteiger partial charge in [0, 0.05) is 0 Å². The first-order chi connectivity index (χ1) is 8.88. The van der Waals surface area contributed by atoms with E-state index in [1.54, 1.807) is 26.0 Å². The lowest BCUT2D eigenvalue weighted by molar-refractivity contribution is 0.400. The maximum absolute atomic E-state index is 9.57. The van der Waals surface area contributed by atoms with Crippen molar-refractivity contribution in [3.05, 3.63) is 46.5 Å². The molecule has 0 bridgehead atoms. The molecular weight excluding hydrogens is 244 g/mol. The van der Waals surface area contributed by atoms with Crippen molar-refractivity contribution in [3.63, 3.8) is 0 Å². The highest BCUT2D eigenvalue weighted by molar-refractivity contribution is 5.50. The van der Waals surface area contributed by atoms with E-state index in [0.717, 1.165) is 11.1 Å². The van der Waals surface area contributed by atoms with E-state index in [1.165, 1.54) is 12.1 Å². The Balaban J connectivity index is 2.36. The van der Waals surface area contributed by atoms with Gasteiger partial charge in [-0.2, -0.15) is 0 Å². The molecule has 4 heteroatoms. The minimum absolute atomic E-state index is 0.117. The van der Waals surface area contributed by atoms with Gasteiger partial charge in [0.05, 0.1) is 0 Å². The summed E-state index contributed by atoms with van der Waals surface area (Å²) in [7, 11) is 0. The topological polar surface area (TPSA) is 80.9 Å². The molecule has 2 aromatic rings. The summed E-state index contributed by atoms with van der Waals surface area (Å²) in [4.78, 5) is 0. The number of hydrogen-bond acceptors (Lipinski definition) is 4. The normalized spacial score (nSPS) is 10.6. The van der Waals surface area contributed by atoms with Crippen LogP contribution in [-0.2, 0) is 6.42 Å². The van der Waals surface area contributed by atoms with Crippen molar-refractivity contribution in [2.24, 2.45) is 0 Å². The Hall–Kier alpha value is -2.36. The van der Waals surface area contributed by atoms with Gasteiger partial charge in [0.2, 0.25) is 0 Å². The molecular formula is C15H16O4. The SMILES string of the molecule is Cc1cc(Cc2cc(C)c(O)c(O)c2)cc(O)c1O. The number of hydrogen-bond donors (Lipinski definition) is 4. The van der Waals surface area contributed by atoms with Crippen LogP contribution in [0.4, 0.5) is 0 Å². The van der Waals surface area contributed by atoms with Crippen molar-refractivity contribution in [1.82, 2.24) is 0 Å². The van der Waals surface area contributed by atoms with Crippen LogP contribution >= 0.6 is 0 Å². The first-order valence-electron chi connectivity index (χ1n) is 5.91. The van der Waals surface area contributed by atoms with E-state index in [4.69, 9.17) is 0 Å². The summed E-state index contributed by atoms with van der Waals surface area (Å²) in [6.45, 7) is 3.41. The Bertz CT molecular complexity index is 531. The lowest BCUT2D eigenvalue weighted by Crippen LogP contribution is -1.91. The highest BCUT2D eigenvalue weighted by atomic mass is 16.3. The summed E-state index contributed by atoms with van der Waals surface area (Å²) in [6.07, 6.45) is 0.489. The van der Waals surface area contributed by atoms with E-state index in [0.29, 0.717) is 17.5 Å². The van der Waals surface area contributed by atoms with Crippen molar-refractivity contribution < 1.29 is 20.4 Å². The second-order valence-corrected chi connectivity index (χ2v) is 4.74. The predicted molar refractivity (Wildman–Crippen MR) is 71.8 cm³/mol. The van der Waals surface area contributed by atoms with E-state index < -0.39 is 0 Å². The first kappa shape index (κ1) is 13.1. The van der Waals surface area contributed by atoms with Crippen LogP contribution in [0.25, 0.3) is 0 Å². The van der Waals surface area contributed by atoms with Crippen molar-refractivity contribution in [1.29, 1.82) is 0 Å². The third kappa shape index (κ3) is 2.57. The molecule has 2 aromatic carbocycles. The van der Waals surface area contributed by atoms with Crippen LogP contribution in [0.2, 0.25) is 0 Å². The maximum Gasteiger partial charge on any atom is 0.160 e. The standard InChI is InChI=1S/C15H16O4/c1-8-3-10(6-12(16)14(8)18)5-11-4-9(2)15(19)13(17)7-11/h3-4,6-7,16-19H,5H2,1-2H3. The van der Waals surface area contributed by atoms with E-state index in [1.807, 2.05) is 0 Å². The van der Waals surface area contributed by atoms with Crippen molar-refractivity contribution in [2.45, 2.75) is 20.3 Å². The molecule has 0 unspecified atom stereocenters. The van der Waals surface area contributed by atoms with Gasteiger partial charge in [-0.1, -0.05) is 12.1 Å². The van der Waals surface area contributed by atoms with Crippen molar-refractivity contribution >= 4 is 0 Å². The summed E-state index contributed by atoms with van der Waals surface area (Å²) in [6, 6.07) is 6.52. The highest BCUT2D eigenvalue weighted by Crippen LogP contribution is 2.33. The third-order valence-electron chi connectivity index (χ3n) is 3.09. The molecule has 0 saturated carbocycles. The summed E-state index contributed by atoms with van der Waals surface area (Å²) >= 11 is 0. The number of aryl methyl sites for hydroxylation is 2. The molecule has 0 aliphatic rings. The summed E-state index contributed by atoms with van der Waals surface area (Å²) in [5.74, 6) is -0.550. The molecule has 0 aliphatic carbocycles. The molecule has 19 heavy (non-hydrogen) atoms. The average molecular weight is 260 g/mol. The van der Waals surface area contributed by atoms with Gasteiger partial charge in [0.1, 0.15) is 0 Å². The molecule has 0 heterocycles. The van der Waals surface area contributed by atoms with Gasteiger partial charge in [0.25, 0.3) is 0 Å². The molecule has 0 fully saturated rings. The molecule has 0 aromatic heterocycles. The minimum atomic E-state index is -0.158. The molecule has 4 nitrogen and oxygen atoms in total. The molecule has 0 atom stereocenters. The average Bonchev–Trinajstić information content (AvgIpc) is 2.33. The van der Waals surface area contributed by atoms with Crippen LogP contribution in [0.15, 0.2) is 24.3 Å². The Morgan fingerprint density at radius 1 is 0.684 bits per heavy atom. The highest BCUT2D eigenvalue weighted by Gasteiger charge is 2.09. The Kier molecular flexibility index (Phi) is 3.25. The van der Waals surface area contributed by atoms with Crippen LogP contribution in [0.5, 0.6) is 23.0 Å². The number of rotatable bonds is 2. The summed E-state index contributed by atoms with van der Waals surface area (Å²) in [5, 5.41) is 38.1. The largest absolute Gasteiger partial charge is 0.504 e. The lowest BCUT2D eigenvalue weighted by Gasteiger charge is -2.09. The summed E-state index contributed by atoms with van der Waals surface area (Å²) in [5.41, 5.74) is 2.82. The van der Waals surface area contributed by atoms with E-state index in [-0.39, 0.29) is 23.0 Å². The maximum atomic E-state index is 9.57. The van der Waals surface area contributed by atoms with Gasteiger partial charge >= 0.3 is 0 Å². The lowest BCUT2D eigenvalue weighted by atomic mass is 10.00. The molecule has 2 rings (SSSR count). The van der Waals surface area contributed by atoms with E-state index in [2.05, 4.69) is 0 Å². The van der Waals surface area contributed by atoms with Gasteiger partial charge in [-0.25, -0.2) is 0 Å². The Morgan fingerprint density at radius 3 is 1.37 bits per heavy atom. The van der Waals surface area contributed by atoms with Gasteiger partial charge in [-0.3, -0.25) is 0 Å². The number of phenols is 4. The number of benzene rings is 2. The molecule has 0 saturated heterocycles. The number of aromatic hydroxyl groups is 4. The summed E-state index contributed by atoms with van der Waals surface area (Å²) < 4.78 is 0. The fourth-order valence-electron chi connectivity index (χ4n) is 2.11. The van der Waals surface area contributed by atoms with E-state index in [9.17, 15) is 20.4 Å². The predicted octanol–water partition coefficient (Wildman–Crippen LogP) is 2.72. The third-order valence-corrected chi connectivity index (χ3v) is 3.09. The minimum Gasteiger partial charge on any atom is -0.504 e. The molecule has 0 spiro atoms. The Labute approximate surface area is 111 Å². The van der Waals surface area contributed by atoms with Gasteiger partial charge in [-0.05, 0) is 54.7 Å². The van der Waals surface area contributed by atoms with Crippen LogP contribution < -0.4 is 0 Å².